The number of carbonyl (C=O) groups excluding carboxylic acids is 1. The van der Waals surface area contributed by atoms with E-state index in [2.05, 4.69) is 20.3 Å². The predicted octanol–water partition coefficient (Wildman–Crippen LogP) is 0.513. The third kappa shape index (κ3) is 2.74. The number of aromatic amines is 1. The number of aliphatic hydroxyl groups is 1. The van der Waals surface area contributed by atoms with E-state index < -0.39 is 6.09 Å². The van der Waals surface area contributed by atoms with Crippen molar-refractivity contribution >= 4 is 11.9 Å². The number of rotatable bonds is 4. The zero-order valence-electron chi connectivity index (χ0n) is 7.91. The fraction of sp³-hybridized carbons (Fsp3) is 0.500. The topological polar surface area (TPSA) is 87.2 Å². The van der Waals surface area contributed by atoms with Gasteiger partial charge in [-0.25, -0.2) is 4.79 Å². The Morgan fingerprint density at radius 2 is 2.57 bits per heavy atom. The van der Waals surface area contributed by atoms with Crippen molar-refractivity contribution in [3.05, 3.63) is 11.8 Å². The number of H-pyrrole nitrogens is 1. The summed E-state index contributed by atoms with van der Waals surface area (Å²) in [6.45, 7) is 1.76. The Morgan fingerprint density at radius 3 is 3.21 bits per heavy atom. The highest BCUT2D eigenvalue weighted by Gasteiger charge is 2.07. The smallest absolute Gasteiger partial charge is 0.412 e. The van der Waals surface area contributed by atoms with Gasteiger partial charge in [0.15, 0.2) is 0 Å². The Labute approximate surface area is 81.3 Å². The maximum absolute atomic E-state index is 11.0. The Kier molecular flexibility index (Phi) is 3.93. The number of carbonyl (C=O) groups is 1. The number of aliphatic hydroxyl groups excluding tert-OH is 1. The number of aryl methyl sites for hydroxylation is 1. The number of hydrogen-bond acceptors (Lipinski definition) is 4. The molecule has 0 unspecified atom stereocenters. The van der Waals surface area contributed by atoms with Crippen molar-refractivity contribution in [1.82, 2.24) is 10.2 Å². The van der Waals surface area contributed by atoms with Crippen LogP contribution in [0.1, 0.15) is 12.5 Å². The quantitative estimate of drug-likeness (QED) is 0.659. The molecule has 0 aromatic carbocycles. The van der Waals surface area contributed by atoms with Crippen molar-refractivity contribution in [3.8, 4) is 0 Å². The minimum atomic E-state index is -0.599. The fourth-order valence-electron chi connectivity index (χ4n) is 0.964. The zero-order valence-corrected chi connectivity index (χ0v) is 7.91. The average Bonchev–Trinajstić information content (AvgIpc) is 2.62. The van der Waals surface area contributed by atoms with Crippen molar-refractivity contribution in [3.63, 3.8) is 0 Å². The highest BCUT2D eigenvalue weighted by Crippen LogP contribution is 2.10. The van der Waals surface area contributed by atoms with Crippen molar-refractivity contribution in [2.24, 2.45) is 0 Å². The summed E-state index contributed by atoms with van der Waals surface area (Å²) in [4.78, 5) is 11.0. The number of hydrogen-bond donors (Lipinski definition) is 3. The van der Waals surface area contributed by atoms with Crippen LogP contribution in [0.4, 0.5) is 10.6 Å². The molecule has 0 aliphatic heterocycles. The van der Waals surface area contributed by atoms with E-state index in [0.717, 1.165) is 12.0 Å². The van der Waals surface area contributed by atoms with Crippen LogP contribution in [0.2, 0.25) is 0 Å². The second-order valence-electron chi connectivity index (χ2n) is 2.61. The molecule has 0 aliphatic carbocycles. The predicted molar refractivity (Wildman–Crippen MR) is 50.0 cm³/mol. The van der Waals surface area contributed by atoms with Gasteiger partial charge in [-0.15, -0.1) is 0 Å². The van der Waals surface area contributed by atoms with Gasteiger partial charge in [0.05, 0.1) is 12.8 Å². The van der Waals surface area contributed by atoms with Gasteiger partial charge in [-0.3, -0.25) is 10.4 Å². The molecule has 14 heavy (non-hydrogen) atoms. The molecule has 3 N–H and O–H groups in total. The Balaban J connectivity index is 2.47. The fourth-order valence-corrected chi connectivity index (χ4v) is 0.964. The van der Waals surface area contributed by atoms with E-state index in [1.165, 1.54) is 0 Å². The molecule has 0 fully saturated rings. The molecule has 0 bridgehead atoms. The minimum absolute atomic E-state index is 0.0125. The monoisotopic (exact) mass is 199 g/mol. The Bertz CT molecular complexity index is 298. The number of aromatic nitrogens is 2. The number of amides is 1. The molecule has 1 aromatic rings. The van der Waals surface area contributed by atoms with E-state index in [1.54, 1.807) is 6.20 Å². The van der Waals surface area contributed by atoms with E-state index in [1.807, 2.05) is 6.92 Å². The Hall–Kier alpha value is -1.56. The van der Waals surface area contributed by atoms with Gasteiger partial charge in [-0.1, -0.05) is 6.92 Å². The third-order valence-corrected chi connectivity index (χ3v) is 1.65. The second-order valence-corrected chi connectivity index (χ2v) is 2.61. The third-order valence-electron chi connectivity index (χ3n) is 1.65. The van der Waals surface area contributed by atoms with Gasteiger partial charge in [0, 0.05) is 5.56 Å². The molecule has 1 aromatic heterocycles. The van der Waals surface area contributed by atoms with Gasteiger partial charge in [0.1, 0.15) is 12.4 Å². The number of nitrogens with zero attached hydrogens (tertiary/aromatic N) is 1. The molecule has 6 nitrogen and oxygen atoms in total. The maximum Gasteiger partial charge on any atom is 0.412 e. The highest BCUT2D eigenvalue weighted by atomic mass is 16.6. The number of anilines is 1. The second kappa shape index (κ2) is 5.23. The summed E-state index contributed by atoms with van der Waals surface area (Å²) in [6, 6.07) is 0. The van der Waals surface area contributed by atoms with Gasteiger partial charge < -0.3 is 9.84 Å². The number of nitrogens with one attached hydrogen (secondary N) is 2. The first kappa shape index (κ1) is 10.5. The lowest BCUT2D eigenvalue weighted by Gasteiger charge is -2.04. The van der Waals surface area contributed by atoms with Crippen LogP contribution in [0.3, 0.4) is 0 Å². The largest absolute Gasteiger partial charge is 0.447 e. The van der Waals surface area contributed by atoms with Gasteiger partial charge in [0.2, 0.25) is 0 Å². The van der Waals surface area contributed by atoms with Crippen molar-refractivity contribution in [2.45, 2.75) is 13.3 Å². The molecular formula is C8H13N3O3. The maximum atomic E-state index is 11.0. The summed E-state index contributed by atoms with van der Waals surface area (Å²) in [7, 11) is 0. The highest BCUT2D eigenvalue weighted by molar-refractivity contribution is 5.84. The standard InChI is InChI=1S/C8H13N3O3/c1-2-6-5-9-11-7(6)10-8(13)14-4-3-12/h5,12H,2-4H2,1H3,(H2,9,10,11,13). The summed E-state index contributed by atoms with van der Waals surface area (Å²) in [5.74, 6) is 0.537. The lowest BCUT2D eigenvalue weighted by molar-refractivity contribution is 0.131. The van der Waals surface area contributed by atoms with Gasteiger partial charge >= 0.3 is 6.09 Å². The molecule has 0 saturated carbocycles. The van der Waals surface area contributed by atoms with Crippen LogP contribution in [0, 0.1) is 0 Å². The van der Waals surface area contributed by atoms with Crippen LogP contribution in [0.25, 0.3) is 0 Å². The van der Waals surface area contributed by atoms with Gasteiger partial charge in [0.25, 0.3) is 0 Å². The van der Waals surface area contributed by atoms with E-state index in [0.29, 0.717) is 5.82 Å². The summed E-state index contributed by atoms with van der Waals surface area (Å²) < 4.78 is 4.62. The van der Waals surface area contributed by atoms with Crippen LogP contribution in [0.5, 0.6) is 0 Å². The molecule has 1 rings (SSSR count). The first-order chi connectivity index (χ1) is 6.77. The molecule has 0 saturated heterocycles. The summed E-state index contributed by atoms with van der Waals surface area (Å²) >= 11 is 0. The van der Waals surface area contributed by atoms with Crippen LogP contribution in [0.15, 0.2) is 6.20 Å². The average molecular weight is 199 g/mol. The van der Waals surface area contributed by atoms with Crippen molar-refractivity contribution in [2.75, 3.05) is 18.5 Å². The number of ether oxygens (including phenoxy) is 1. The lowest BCUT2D eigenvalue weighted by atomic mass is 10.2. The summed E-state index contributed by atoms with van der Waals surface area (Å²) in [5.41, 5.74) is 0.908. The molecule has 0 atom stereocenters. The van der Waals surface area contributed by atoms with Gasteiger partial charge in [-0.05, 0) is 6.42 Å². The van der Waals surface area contributed by atoms with Crippen LogP contribution in [-0.4, -0.2) is 34.6 Å². The lowest BCUT2D eigenvalue weighted by Crippen LogP contribution is -2.16. The van der Waals surface area contributed by atoms with E-state index in [4.69, 9.17) is 5.11 Å². The molecule has 78 valence electrons. The summed E-state index contributed by atoms with van der Waals surface area (Å²) in [6.07, 6.45) is 1.81. The molecular weight excluding hydrogens is 186 g/mol. The van der Waals surface area contributed by atoms with E-state index in [9.17, 15) is 4.79 Å². The SMILES string of the molecule is CCc1cn[nH]c1NC(=O)OCCO. The molecule has 0 aliphatic rings. The van der Waals surface area contributed by atoms with Gasteiger partial charge in [-0.2, -0.15) is 5.10 Å². The van der Waals surface area contributed by atoms with Crippen LogP contribution < -0.4 is 5.32 Å². The first-order valence-electron chi connectivity index (χ1n) is 4.34. The van der Waals surface area contributed by atoms with Crippen LogP contribution >= 0.6 is 0 Å². The molecule has 0 radical (unpaired) electrons. The van der Waals surface area contributed by atoms with Crippen LogP contribution in [-0.2, 0) is 11.2 Å². The molecule has 0 spiro atoms. The molecule has 6 heteroatoms. The van der Waals surface area contributed by atoms with Crippen molar-refractivity contribution in [1.29, 1.82) is 0 Å². The minimum Gasteiger partial charge on any atom is -0.447 e. The van der Waals surface area contributed by atoms with E-state index in [-0.39, 0.29) is 13.2 Å². The first-order valence-corrected chi connectivity index (χ1v) is 4.34. The molecule has 1 heterocycles. The van der Waals surface area contributed by atoms with Crippen molar-refractivity contribution < 1.29 is 14.6 Å². The Morgan fingerprint density at radius 1 is 1.79 bits per heavy atom. The van der Waals surface area contributed by atoms with E-state index >= 15 is 0 Å². The summed E-state index contributed by atoms with van der Waals surface area (Å²) in [5, 5.41) is 17.3. The zero-order chi connectivity index (χ0) is 10.4. The molecule has 1 amide bonds. The normalized spacial score (nSPS) is 9.86.